The lowest BCUT2D eigenvalue weighted by Gasteiger charge is -2.17. The van der Waals surface area contributed by atoms with E-state index >= 15 is 0 Å². The van der Waals surface area contributed by atoms with Crippen molar-refractivity contribution < 1.29 is 18.7 Å². The molecule has 1 amide bonds. The highest BCUT2D eigenvalue weighted by Crippen LogP contribution is 2.17. The molecule has 0 spiro atoms. The van der Waals surface area contributed by atoms with Crippen molar-refractivity contribution in [3.8, 4) is 0 Å². The molecule has 0 saturated carbocycles. The Morgan fingerprint density at radius 2 is 1.86 bits per heavy atom. The zero-order chi connectivity index (χ0) is 15.4. The summed E-state index contributed by atoms with van der Waals surface area (Å²) in [5, 5.41) is 11.9. The van der Waals surface area contributed by atoms with Crippen LogP contribution in [0.5, 0.6) is 0 Å². The minimum absolute atomic E-state index is 0.130. The molecule has 0 bridgehead atoms. The van der Waals surface area contributed by atoms with E-state index in [0.29, 0.717) is 5.56 Å². The molecule has 0 aliphatic rings. The van der Waals surface area contributed by atoms with Crippen molar-refractivity contribution in [2.24, 2.45) is 0 Å². The molecular formula is C16H15F2NO2. The zero-order valence-electron chi connectivity index (χ0n) is 11.4. The smallest absolute Gasteiger partial charge is 0.254 e. The molecule has 5 heteroatoms. The Kier molecular flexibility index (Phi) is 4.65. The highest BCUT2D eigenvalue weighted by Gasteiger charge is 2.19. The number of rotatable bonds is 4. The van der Waals surface area contributed by atoms with Gasteiger partial charge in [0.05, 0.1) is 18.2 Å². The van der Waals surface area contributed by atoms with Crippen LogP contribution in [0.1, 0.15) is 27.5 Å². The van der Waals surface area contributed by atoms with Crippen LogP contribution in [0.25, 0.3) is 0 Å². The predicted molar refractivity (Wildman–Crippen MR) is 74.8 cm³/mol. The van der Waals surface area contributed by atoms with Gasteiger partial charge in [-0.05, 0) is 30.2 Å². The van der Waals surface area contributed by atoms with E-state index in [0.717, 1.165) is 12.1 Å². The van der Waals surface area contributed by atoms with E-state index in [9.17, 15) is 18.7 Å². The molecule has 2 rings (SSSR count). The third-order valence-corrected chi connectivity index (χ3v) is 3.18. The molecule has 0 unspecified atom stereocenters. The highest BCUT2D eigenvalue weighted by atomic mass is 19.1. The highest BCUT2D eigenvalue weighted by molar-refractivity contribution is 5.94. The van der Waals surface area contributed by atoms with Gasteiger partial charge in [0.2, 0.25) is 0 Å². The molecule has 110 valence electrons. The number of hydrogen-bond acceptors (Lipinski definition) is 2. The van der Waals surface area contributed by atoms with Crippen LogP contribution < -0.4 is 5.32 Å². The van der Waals surface area contributed by atoms with Gasteiger partial charge in [-0.3, -0.25) is 4.79 Å². The van der Waals surface area contributed by atoms with E-state index in [2.05, 4.69) is 5.32 Å². The summed E-state index contributed by atoms with van der Waals surface area (Å²) >= 11 is 0. The van der Waals surface area contributed by atoms with Gasteiger partial charge < -0.3 is 10.4 Å². The van der Waals surface area contributed by atoms with Crippen LogP contribution >= 0.6 is 0 Å². The van der Waals surface area contributed by atoms with Crippen molar-refractivity contribution in [3.05, 3.63) is 70.8 Å². The van der Waals surface area contributed by atoms with Gasteiger partial charge in [-0.25, -0.2) is 8.78 Å². The normalized spacial score (nSPS) is 12.0. The maximum atomic E-state index is 13.7. The minimum atomic E-state index is -0.795. The van der Waals surface area contributed by atoms with Crippen molar-refractivity contribution in [1.82, 2.24) is 5.32 Å². The Morgan fingerprint density at radius 1 is 1.19 bits per heavy atom. The van der Waals surface area contributed by atoms with Crippen molar-refractivity contribution >= 4 is 5.91 Å². The molecule has 0 radical (unpaired) electrons. The van der Waals surface area contributed by atoms with Gasteiger partial charge in [0, 0.05) is 0 Å². The van der Waals surface area contributed by atoms with E-state index in [-0.39, 0.29) is 17.7 Å². The molecule has 0 fully saturated rings. The number of benzene rings is 2. The molecule has 1 atom stereocenters. The van der Waals surface area contributed by atoms with Gasteiger partial charge in [0.15, 0.2) is 0 Å². The van der Waals surface area contributed by atoms with Crippen molar-refractivity contribution in [3.63, 3.8) is 0 Å². The van der Waals surface area contributed by atoms with Gasteiger partial charge in [0.1, 0.15) is 11.6 Å². The Balaban J connectivity index is 2.23. The fraction of sp³-hybridized carbons (Fsp3) is 0.188. The third kappa shape index (κ3) is 3.44. The van der Waals surface area contributed by atoms with Crippen LogP contribution in [0.15, 0.2) is 42.5 Å². The van der Waals surface area contributed by atoms with Crippen LogP contribution in [0, 0.1) is 18.6 Å². The van der Waals surface area contributed by atoms with Crippen LogP contribution in [-0.4, -0.2) is 17.6 Å². The maximum absolute atomic E-state index is 13.7. The molecule has 2 N–H and O–H groups in total. The van der Waals surface area contributed by atoms with E-state index in [1.165, 1.54) is 6.92 Å². The quantitative estimate of drug-likeness (QED) is 0.910. The average Bonchev–Trinajstić information content (AvgIpc) is 2.49. The molecule has 0 aliphatic carbocycles. The Labute approximate surface area is 121 Å². The number of hydrogen-bond donors (Lipinski definition) is 2. The number of nitrogens with one attached hydrogen (secondary N) is 1. The maximum Gasteiger partial charge on any atom is 0.254 e. The average molecular weight is 291 g/mol. The first-order chi connectivity index (χ1) is 10.0. The SMILES string of the molecule is Cc1cc(F)c(C(=O)N[C@@H](CO)c2ccccc2)cc1F. The standard InChI is InChI=1S/C16H15F2NO2/c1-10-7-14(18)12(8-13(10)17)16(21)19-15(9-20)11-5-3-2-4-6-11/h2-8,15,20H,9H2,1H3,(H,19,21)/t15-/m0/s1. The summed E-state index contributed by atoms with van der Waals surface area (Å²) < 4.78 is 27.2. The van der Waals surface area contributed by atoms with Gasteiger partial charge >= 0.3 is 0 Å². The molecule has 2 aromatic carbocycles. The summed E-state index contributed by atoms with van der Waals surface area (Å²) in [6.07, 6.45) is 0. The van der Waals surface area contributed by atoms with Crippen LogP contribution in [0.4, 0.5) is 8.78 Å². The van der Waals surface area contributed by atoms with Crippen LogP contribution in [-0.2, 0) is 0 Å². The molecule has 0 aliphatic heterocycles. The molecule has 21 heavy (non-hydrogen) atoms. The number of aliphatic hydroxyl groups excluding tert-OH is 1. The summed E-state index contributed by atoms with van der Waals surface area (Å²) in [5.74, 6) is -2.22. The first-order valence-electron chi connectivity index (χ1n) is 6.45. The first kappa shape index (κ1) is 15.1. The number of aliphatic hydroxyl groups is 1. The second-order valence-electron chi connectivity index (χ2n) is 4.70. The summed E-state index contributed by atoms with van der Waals surface area (Å²) in [6, 6.07) is 9.93. The number of aryl methyl sites for hydroxylation is 1. The predicted octanol–water partition coefficient (Wildman–Crippen LogP) is 2.74. The molecule has 0 heterocycles. The fourth-order valence-corrected chi connectivity index (χ4v) is 1.98. The summed E-state index contributed by atoms with van der Waals surface area (Å²) in [7, 11) is 0. The fourth-order valence-electron chi connectivity index (χ4n) is 1.98. The molecule has 2 aromatic rings. The number of carbonyl (C=O) groups excluding carboxylic acids is 1. The molecule has 3 nitrogen and oxygen atoms in total. The van der Waals surface area contributed by atoms with E-state index in [4.69, 9.17) is 0 Å². The van der Waals surface area contributed by atoms with Gasteiger partial charge in [0.25, 0.3) is 5.91 Å². The molecule has 0 aromatic heterocycles. The van der Waals surface area contributed by atoms with Gasteiger partial charge in [-0.1, -0.05) is 30.3 Å². The lowest BCUT2D eigenvalue weighted by Crippen LogP contribution is -2.31. The second-order valence-corrected chi connectivity index (χ2v) is 4.70. The Morgan fingerprint density at radius 3 is 2.48 bits per heavy atom. The van der Waals surface area contributed by atoms with E-state index in [1.807, 2.05) is 0 Å². The van der Waals surface area contributed by atoms with Gasteiger partial charge in [-0.15, -0.1) is 0 Å². The lowest BCUT2D eigenvalue weighted by molar-refractivity contribution is 0.0911. The minimum Gasteiger partial charge on any atom is -0.394 e. The van der Waals surface area contributed by atoms with Crippen molar-refractivity contribution in [2.75, 3.05) is 6.61 Å². The van der Waals surface area contributed by atoms with E-state index in [1.54, 1.807) is 30.3 Å². The first-order valence-corrected chi connectivity index (χ1v) is 6.45. The van der Waals surface area contributed by atoms with Crippen molar-refractivity contribution in [1.29, 1.82) is 0 Å². The zero-order valence-corrected chi connectivity index (χ0v) is 11.4. The number of carbonyl (C=O) groups is 1. The third-order valence-electron chi connectivity index (χ3n) is 3.18. The van der Waals surface area contributed by atoms with Crippen LogP contribution in [0.2, 0.25) is 0 Å². The molecule has 0 saturated heterocycles. The Bertz CT molecular complexity index is 644. The molecular weight excluding hydrogens is 276 g/mol. The number of amides is 1. The summed E-state index contributed by atoms with van der Waals surface area (Å²) in [6.45, 7) is 1.08. The Hall–Kier alpha value is -2.27. The van der Waals surface area contributed by atoms with Crippen LogP contribution in [0.3, 0.4) is 0 Å². The summed E-state index contributed by atoms with van der Waals surface area (Å²) in [5.41, 5.74) is 0.430. The monoisotopic (exact) mass is 291 g/mol. The summed E-state index contributed by atoms with van der Waals surface area (Å²) in [4.78, 5) is 12.0. The topological polar surface area (TPSA) is 49.3 Å². The van der Waals surface area contributed by atoms with Crippen molar-refractivity contribution in [2.45, 2.75) is 13.0 Å². The number of halogens is 2. The van der Waals surface area contributed by atoms with Gasteiger partial charge in [-0.2, -0.15) is 0 Å². The lowest BCUT2D eigenvalue weighted by atomic mass is 10.1. The largest absolute Gasteiger partial charge is 0.394 e. The second kappa shape index (κ2) is 6.45. The van der Waals surface area contributed by atoms with E-state index < -0.39 is 23.6 Å².